The van der Waals surface area contributed by atoms with Crippen molar-refractivity contribution in [1.82, 2.24) is 9.97 Å². The molecule has 28 heavy (non-hydrogen) atoms. The van der Waals surface area contributed by atoms with Crippen molar-refractivity contribution >= 4 is 39.0 Å². The van der Waals surface area contributed by atoms with E-state index in [2.05, 4.69) is 33.5 Å². The van der Waals surface area contributed by atoms with Crippen LogP contribution in [-0.4, -0.2) is 22.0 Å². The maximum Gasteiger partial charge on any atom is 0.338 e. The van der Waals surface area contributed by atoms with Crippen molar-refractivity contribution in [3.8, 4) is 10.4 Å². The van der Waals surface area contributed by atoms with Crippen molar-refractivity contribution in [1.29, 1.82) is 0 Å². The van der Waals surface area contributed by atoms with Crippen molar-refractivity contribution in [3.63, 3.8) is 0 Å². The van der Waals surface area contributed by atoms with E-state index in [4.69, 9.17) is 4.74 Å². The lowest BCUT2D eigenvalue weighted by Crippen LogP contribution is -2.11. The van der Waals surface area contributed by atoms with Crippen LogP contribution in [0, 0.1) is 0 Å². The minimum absolute atomic E-state index is 0.159. The number of fused-ring (bicyclic) bond motifs is 1. The molecule has 0 aliphatic heterocycles. The molecule has 0 fully saturated rings. The quantitative estimate of drug-likeness (QED) is 0.446. The number of carbonyl (C=O) groups excluding carboxylic acids is 1. The molecule has 140 valence electrons. The van der Waals surface area contributed by atoms with Gasteiger partial charge in [0.1, 0.15) is 17.0 Å². The Bertz CT molecular complexity index is 1120. The second-order valence-corrected chi connectivity index (χ2v) is 7.61. The SMILES string of the molecule is CC(C)OC(=O)c1cccc(Nc2ncnc3sc(-c4ccccc4)cc23)c1. The van der Waals surface area contributed by atoms with Crippen molar-refractivity contribution in [2.24, 2.45) is 0 Å². The molecule has 0 saturated carbocycles. The molecule has 0 bridgehead atoms. The van der Waals surface area contributed by atoms with Crippen LogP contribution in [0.5, 0.6) is 0 Å². The van der Waals surface area contributed by atoms with Gasteiger partial charge in [0.15, 0.2) is 0 Å². The topological polar surface area (TPSA) is 64.1 Å². The maximum absolute atomic E-state index is 12.2. The summed E-state index contributed by atoms with van der Waals surface area (Å²) in [4.78, 5) is 23.0. The van der Waals surface area contributed by atoms with E-state index in [1.807, 2.05) is 44.2 Å². The smallest absolute Gasteiger partial charge is 0.338 e. The minimum Gasteiger partial charge on any atom is -0.459 e. The Morgan fingerprint density at radius 1 is 1.04 bits per heavy atom. The molecule has 0 aliphatic rings. The number of hydrogen-bond acceptors (Lipinski definition) is 6. The highest BCUT2D eigenvalue weighted by Gasteiger charge is 2.12. The zero-order chi connectivity index (χ0) is 19.5. The molecule has 1 N–H and O–H groups in total. The van der Waals surface area contributed by atoms with E-state index in [1.54, 1.807) is 29.8 Å². The van der Waals surface area contributed by atoms with Gasteiger partial charge in [-0.15, -0.1) is 11.3 Å². The lowest BCUT2D eigenvalue weighted by atomic mass is 10.2. The van der Waals surface area contributed by atoms with Gasteiger partial charge < -0.3 is 10.1 Å². The fourth-order valence-corrected chi connectivity index (χ4v) is 3.85. The van der Waals surface area contributed by atoms with E-state index >= 15 is 0 Å². The molecule has 4 rings (SSSR count). The number of hydrogen-bond donors (Lipinski definition) is 1. The third kappa shape index (κ3) is 3.87. The molecule has 2 aromatic carbocycles. The molecular formula is C22H19N3O2S. The largest absolute Gasteiger partial charge is 0.459 e. The van der Waals surface area contributed by atoms with Gasteiger partial charge in [-0.3, -0.25) is 0 Å². The average molecular weight is 389 g/mol. The Hall–Kier alpha value is -3.25. The van der Waals surface area contributed by atoms with E-state index in [-0.39, 0.29) is 12.1 Å². The third-order valence-corrected chi connectivity index (χ3v) is 5.18. The molecule has 0 unspecified atom stereocenters. The van der Waals surface area contributed by atoms with Crippen LogP contribution < -0.4 is 5.32 Å². The van der Waals surface area contributed by atoms with E-state index in [1.165, 1.54) is 0 Å². The zero-order valence-corrected chi connectivity index (χ0v) is 16.4. The number of carbonyl (C=O) groups is 1. The first kappa shape index (κ1) is 18.1. The van der Waals surface area contributed by atoms with Gasteiger partial charge in [0.25, 0.3) is 0 Å². The van der Waals surface area contributed by atoms with Crippen LogP contribution in [0.4, 0.5) is 11.5 Å². The molecule has 0 radical (unpaired) electrons. The fraction of sp³-hybridized carbons (Fsp3) is 0.136. The monoisotopic (exact) mass is 389 g/mol. The van der Waals surface area contributed by atoms with E-state index in [0.717, 1.165) is 26.3 Å². The summed E-state index contributed by atoms with van der Waals surface area (Å²) < 4.78 is 5.27. The molecule has 4 aromatic rings. The van der Waals surface area contributed by atoms with Gasteiger partial charge in [0.2, 0.25) is 0 Å². The molecule has 2 aromatic heterocycles. The Balaban J connectivity index is 1.65. The van der Waals surface area contributed by atoms with Gasteiger partial charge in [-0.25, -0.2) is 14.8 Å². The highest BCUT2D eigenvalue weighted by atomic mass is 32.1. The first-order chi connectivity index (χ1) is 13.6. The maximum atomic E-state index is 12.2. The number of rotatable bonds is 5. The van der Waals surface area contributed by atoms with Crippen LogP contribution in [0.25, 0.3) is 20.7 Å². The van der Waals surface area contributed by atoms with Gasteiger partial charge in [-0.1, -0.05) is 36.4 Å². The normalized spacial score (nSPS) is 11.0. The summed E-state index contributed by atoms with van der Waals surface area (Å²) in [7, 11) is 0. The van der Waals surface area contributed by atoms with E-state index < -0.39 is 0 Å². The lowest BCUT2D eigenvalue weighted by molar-refractivity contribution is 0.0378. The lowest BCUT2D eigenvalue weighted by Gasteiger charge is -2.10. The number of ether oxygens (including phenoxy) is 1. The van der Waals surface area contributed by atoms with Crippen LogP contribution in [0.1, 0.15) is 24.2 Å². The minimum atomic E-state index is -0.339. The third-order valence-electron chi connectivity index (χ3n) is 4.09. The van der Waals surface area contributed by atoms with Crippen LogP contribution in [0.2, 0.25) is 0 Å². The summed E-state index contributed by atoms with van der Waals surface area (Å²) in [6, 6.07) is 19.5. The number of nitrogens with zero attached hydrogens (tertiary/aromatic N) is 2. The molecule has 0 atom stereocenters. The summed E-state index contributed by atoms with van der Waals surface area (Å²) in [6.07, 6.45) is 1.39. The predicted octanol–water partition coefficient (Wildman–Crippen LogP) is 5.67. The van der Waals surface area contributed by atoms with Crippen LogP contribution in [0.3, 0.4) is 0 Å². The molecule has 0 spiro atoms. The number of aromatic nitrogens is 2. The Morgan fingerprint density at radius 2 is 1.86 bits per heavy atom. The molecule has 2 heterocycles. The van der Waals surface area contributed by atoms with E-state index in [9.17, 15) is 4.79 Å². The highest BCUT2D eigenvalue weighted by Crippen LogP contribution is 2.35. The highest BCUT2D eigenvalue weighted by molar-refractivity contribution is 7.21. The van der Waals surface area contributed by atoms with Gasteiger partial charge in [-0.2, -0.15) is 0 Å². The second kappa shape index (κ2) is 7.78. The second-order valence-electron chi connectivity index (χ2n) is 6.58. The van der Waals surface area contributed by atoms with Crippen LogP contribution in [0.15, 0.2) is 67.0 Å². The van der Waals surface area contributed by atoms with Crippen molar-refractivity contribution in [2.75, 3.05) is 5.32 Å². The first-order valence-corrected chi connectivity index (χ1v) is 9.80. The molecule has 5 nitrogen and oxygen atoms in total. The number of benzene rings is 2. The summed E-state index contributed by atoms with van der Waals surface area (Å²) in [6.45, 7) is 3.66. The van der Waals surface area contributed by atoms with Gasteiger partial charge >= 0.3 is 5.97 Å². The standard InChI is InChI=1S/C22H19N3O2S/c1-14(2)27-22(26)16-9-6-10-17(11-16)25-20-18-12-19(15-7-4-3-5-8-15)28-21(18)24-13-23-20/h3-14H,1-2H3,(H,23,24,25). The summed E-state index contributed by atoms with van der Waals surface area (Å²) in [5.41, 5.74) is 2.42. The predicted molar refractivity (Wildman–Crippen MR) is 113 cm³/mol. The van der Waals surface area contributed by atoms with Gasteiger partial charge in [0, 0.05) is 10.6 Å². The number of nitrogens with one attached hydrogen (secondary N) is 1. The molecule has 0 saturated heterocycles. The molecule has 0 aliphatic carbocycles. The van der Waals surface area contributed by atoms with Gasteiger partial charge in [-0.05, 0) is 43.7 Å². The van der Waals surface area contributed by atoms with Crippen molar-refractivity contribution in [2.45, 2.75) is 20.0 Å². The van der Waals surface area contributed by atoms with Gasteiger partial charge in [0.05, 0.1) is 17.1 Å². The Kier molecular flexibility index (Phi) is 5.04. The van der Waals surface area contributed by atoms with E-state index in [0.29, 0.717) is 11.4 Å². The molecular weight excluding hydrogens is 370 g/mol. The Labute approximate surface area is 167 Å². The first-order valence-electron chi connectivity index (χ1n) is 8.98. The number of esters is 1. The van der Waals surface area contributed by atoms with Crippen molar-refractivity contribution in [3.05, 3.63) is 72.6 Å². The Morgan fingerprint density at radius 3 is 2.64 bits per heavy atom. The fourth-order valence-electron chi connectivity index (χ4n) is 2.84. The molecule has 6 heteroatoms. The summed E-state index contributed by atoms with van der Waals surface area (Å²) in [5.74, 6) is 0.367. The summed E-state index contributed by atoms with van der Waals surface area (Å²) in [5, 5.41) is 4.25. The number of anilines is 2. The molecule has 0 amide bonds. The van der Waals surface area contributed by atoms with Crippen LogP contribution >= 0.6 is 11.3 Å². The van der Waals surface area contributed by atoms with Crippen molar-refractivity contribution < 1.29 is 9.53 Å². The number of thiophene rings is 1. The van der Waals surface area contributed by atoms with Crippen LogP contribution in [-0.2, 0) is 4.74 Å². The average Bonchev–Trinajstić information content (AvgIpc) is 3.14. The zero-order valence-electron chi connectivity index (χ0n) is 15.5. The summed E-state index contributed by atoms with van der Waals surface area (Å²) >= 11 is 1.62.